The third-order valence-electron chi connectivity index (χ3n) is 4.30. The molecule has 0 radical (unpaired) electrons. The lowest BCUT2D eigenvalue weighted by atomic mass is 10.1. The van der Waals surface area contributed by atoms with Crippen LogP contribution >= 0.6 is 11.6 Å². The van der Waals surface area contributed by atoms with Gasteiger partial charge < -0.3 is 9.80 Å². The number of nitrogens with one attached hydrogen (secondary N) is 1. The minimum absolute atomic E-state index is 0.0802. The molecule has 2 saturated heterocycles. The predicted octanol–water partition coefficient (Wildman–Crippen LogP) is 1.51. The van der Waals surface area contributed by atoms with Crippen molar-refractivity contribution in [1.29, 1.82) is 0 Å². The van der Waals surface area contributed by atoms with E-state index >= 15 is 0 Å². The Hall–Kier alpha value is -1.73. The second-order valence-electron chi connectivity index (χ2n) is 6.20. The van der Waals surface area contributed by atoms with Crippen molar-refractivity contribution < 1.29 is 18.4 Å². The first-order chi connectivity index (χ1) is 11.3. The van der Waals surface area contributed by atoms with Crippen LogP contribution < -0.4 is 5.32 Å². The Morgan fingerprint density at radius 3 is 2.79 bits per heavy atom. The van der Waals surface area contributed by atoms with Gasteiger partial charge in [-0.2, -0.15) is 0 Å². The van der Waals surface area contributed by atoms with E-state index in [2.05, 4.69) is 5.32 Å². The Labute approximate surface area is 143 Å². The van der Waals surface area contributed by atoms with Gasteiger partial charge in [0.25, 0.3) is 5.92 Å². The Kier molecular flexibility index (Phi) is 4.73. The van der Waals surface area contributed by atoms with E-state index < -0.39 is 30.8 Å². The van der Waals surface area contributed by atoms with Gasteiger partial charge in [-0.05, 0) is 17.7 Å². The Bertz CT molecular complexity index is 656. The van der Waals surface area contributed by atoms with E-state index in [1.54, 1.807) is 17.0 Å². The van der Waals surface area contributed by atoms with E-state index in [1.807, 2.05) is 12.1 Å². The summed E-state index contributed by atoms with van der Waals surface area (Å²) in [6.45, 7) is 0.561. The molecule has 1 aromatic carbocycles. The molecular formula is C16H18ClF2N3O2. The van der Waals surface area contributed by atoms with Gasteiger partial charge in [-0.3, -0.25) is 14.9 Å². The van der Waals surface area contributed by atoms with Gasteiger partial charge >= 0.3 is 0 Å². The highest BCUT2D eigenvalue weighted by atomic mass is 35.5. The van der Waals surface area contributed by atoms with E-state index in [4.69, 9.17) is 11.6 Å². The van der Waals surface area contributed by atoms with E-state index in [-0.39, 0.29) is 12.5 Å². The quantitative estimate of drug-likeness (QED) is 0.892. The number of carbonyl (C=O) groups is 2. The zero-order valence-corrected chi connectivity index (χ0v) is 13.7. The van der Waals surface area contributed by atoms with Crippen molar-refractivity contribution in [3.05, 3.63) is 34.9 Å². The highest BCUT2D eigenvalue weighted by Gasteiger charge is 2.44. The van der Waals surface area contributed by atoms with Gasteiger partial charge in [0.1, 0.15) is 0 Å². The number of nitrogens with zero attached hydrogens (tertiary/aromatic N) is 2. The van der Waals surface area contributed by atoms with Crippen molar-refractivity contribution in [2.75, 3.05) is 26.2 Å². The molecule has 0 aromatic heterocycles. The summed E-state index contributed by atoms with van der Waals surface area (Å²) in [6, 6.07) is 6.33. The number of benzene rings is 1. The van der Waals surface area contributed by atoms with E-state index in [1.165, 1.54) is 4.90 Å². The third kappa shape index (κ3) is 3.84. The maximum absolute atomic E-state index is 13.2. The summed E-state index contributed by atoms with van der Waals surface area (Å²) in [5.41, 5.74) is 0.910. The molecule has 0 spiro atoms. The highest BCUT2D eigenvalue weighted by Crippen LogP contribution is 2.26. The molecule has 1 atom stereocenters. The highest BCUT2D eigenvalue weighted by molar-refractivity contribution is 6.30. The molecule has 2 aliphatic rings. The van der Waals surface area contributed by atoms with Crippen LogP contribution in [-0.4, -0.2) is 59.8 Å². The first kappa shape index (κ1) is 17.1. The number of hydrogen-bond acceptors (Lipinski definition) is 3. The van der Waals surface area contributed by atoms with Crippen molar-refractivity contribution in [3.8, 4) is 0 Å². The average molecular weight is 358 g/mol. The van der Waals surface area contributed by atoms with E-state index in [0.29, 0.717) is 24.7 Å². The molecular weight excluding hydrogens is 340 g/mol. The summed E-state index contributed by atoms with van der Waals surface area (Å²) in [4.78, 5) is 27.6. The van der Waals surface area contributed by atoms with Crippen LogP contribution in [0.1, 0.15) is 12.0 Å². The molecule has 1 N–H and O–H groups in total. The fraction of sp³-hybridized carbons (Fsp3) is 0.500. The number of alkyl halides is 2. The van der Waals surface area contributed by atoms with Crippen LogP contribution in [0.3, 0.4) is 0 Å². The zero-order valence-electron chi connectivity index (χ0n) is 13.0. The maximum atomic E-state index is 13.2. The van der Waals surface area contributed by atoms with Crippen LogP contribution in [0.4, 0.5) is 8.78 Å². The lowest BCUT2D eigenvalue weighted by molar-refractivity contribution is -0.146. The van der Waals surface area contributed by atoms with Gasteiger partial charge in [0.2, 0.25) is 11.8 Å². The number of piperazine rings is 1. The van der Waals surface area contributed by atoms with E-state index in [0.717, 1.165) is 5.56 Å². The molecule has 0 bridgehead atoms. The van der Waals surface area contributed by atoms with Crippen molar-refractivity contribution in [1.82, 2.24) is 15.1 Å². The smallest absolute Gasteiger partial charge is 0.262 e. The summed E-state index contributed by atoms with van der Waals surface area (Å²) < 4.78 is 26.4. The summed E-state index contributed by atoms with van der Waals surface area (Å²) >= 11 is 5.93. The summed E-state index contributed by atoms with van der Waals surface area (Å²) in [7, 11) is 0. The molecule has 2 amide bonds. The summed E-state index contributed by atoms with van der Waals surface area (Å²) in [5.74, 6) is -3.49. The number of rotatable bonds is 3. The lowest BCUT2D eigenvalue weighted by Crippen LogP contribution is -2.55. The SMILES string of the molecule is O=C1CN(C(=O)C2CC(F)(F)CN2)CCN1Cc1cccc(Cl)c1. The first-order valence-corrected chi connectivity index (χ1v) is 8.14. The van der Waals surface area contributed by atoms with Gasteiger partial charge in [-0.1, -0.05) is 23.7 Å². The Morgan fingerprint density at radius 1 is 1.38 bits per heavy atom. The normalized spacial score (nSPS) is 23.6. The Balaban J connectivity index is 1.57. The van der Waals surface area contributed by atoms with Crippen molar-refractivity contribution in [2.45, 2.75) is 24.9 Å². The number of carbonyl (C=O) groups excluding carboxylic acids is 2. The Morgan fingerprint density at radius 2 is 2.17 bits per heavy atom. The molecule has 1 unspecified atom stereocenters. The van der Waals surface area contributed by atoms with Crippen LogP contribution in [0, 0.1) is 0 Å². The minimum atomic E-state index is -2.86. The van der Waals surface area contributed by atoms with Gasteiger partial charge in [0.05, 0.1) is 19.1 Å². The second kappa shape index (κ2) is 6.64. The van der Waals surface area contributed by atoms with Crippen LogP contribution in [0.25, 0.3) is 0 Å². The molecule has 0 saturated carbocycles. The predicted molar refractivity (Wildman–Crippen MR) is 84.8 cm³/mol. The van der Waals surface area contributed by atoms with Crippen LogP contribution in [-0.2, 0) is 16.1 Å². The van der Waals surface area contributed by atoms with Crippen molar-refractivity contribution in [2.24, 2.45) is 0 Å². The minimum Gasteiger partial charge on any atom is -0.335 e. The third-order valence-corrected chi connectivity index (χ3v) is 4.54. The lowest BCUT2D eigenvalue weighted by Gasteiger charge is -2.35. The van der Waals surface area contributed by atoms with Crippen molar-refractivity contribution in [3.63, 3.8) is 0 Å². The molecule has 8 heteroatoms. The van der Waals surface area contributed by atoms with Crippen LogP contribution in [0.5, 0.6) is 0 Å². The number of amides is 2. The van der Waals surface area contributed by atoms with Crippen molar-refractivity contribution >= 4 is 23.4 Å². The van der Waals surface area contributed by atoms with Gasteiger partial charge in [-0.15, -0.1) is 0 Å². The summed E-state index contributed by atoms with van der Waals surface area (Å²) in [5, 5.41) is 3.13. The maximum Gasteiger partial charge on any atom is 0.262 e. The second-order valence-corrected chi connectivity index (χ2v) is 6.64. The molecule has 0 aliphatic carbocycles. The molecule has 2 heterocycles. The number of halogens is 3. The molecule has 3 rings (SSSR count). The van der Waals surface area contributed by atoms with Gasteiger partial charge in [0, 0.05) is 31.1 Å². The van der Waals surface area contributed by atoms with Gasteiger partial charge in [-0.25, -0.2) is 8.78 Å². The molecule has 5 nitrogen and oxygen atoms in total. The van der Waals surface area contributed by atoms with Crippen LogP contribution in [0.2, 0.25) is 5.02 Å². The first-order valence-electron chi connectivity index (χ1n) is 7.76. The molecule has 2 fully saturated rings. The fourth-order valence-corrected chi connectivity index (χ4v) is 3.24. The molecule has 130 valence electrons. The van der Waals surface area contributed by atoms with Gasteiger partial charge in [0.15, 0.2) is 0 Å². The number of hydrogen-bond donors (Lipinski definition) is 1. The fourth-order valence-electron chi connectivity index (χ4n) is 3.03. The molecule has 24 heavy (non-hydrogen) atoms. The van der Waals surface area contributed by atoms with Crippen LogP contribution in [0.15, 0.2) is 24.3 Å². The largest absolute Gasteiger partial charge is 0.335 e. The zero-order chi connectivity index (χ0) is 17.3. The average Bonchev–Trinajstić information content (AvgIpc) is 2.89. The molecule has 2 aliphatic heterocycles. The topological polar surface area (TPSA) is 52.7 Å². The van der Waals surface area contributed by atoms with E-state index in [9.17, 15) is 18.4 Å². The summed E-state index contributed by atoms with van der Waals surface area (Å²) in [6.07, 6.45) is -0.511. The standard InChI is InChI=1S/C16H18ClF2N3O2/c17-12-3-1-2-11(6-12)8-21-4-5-22(9-14(21)23)15(24)13-7-16(18,19)10-20-13/h1-3,6,13,20H,4-5,7-10H2. The monoisotopic (exact) mass is 357 g/mol. The molecule has 1 aromatic rings.